The molecule has 0 amide bonds. The maximum absolute atomic E-state index is 10.4. The maximum Gasteiger partial charge on any atom is 0.145 e. The molecule has 2 heteroatoms. The Kier molecular flexibility index (Phi) is 5.75. The largest absolute Gasteiger partial charge is 0.396 e. The summed E-state index contributed by atoms with van der Waals surface area (Å²) in [6.45, 7) is 4.06. The third-order valence-electron chi connectivity index (χ3n) is 1.77. The molecule has 0 fully saturated rings. The van der Waals surface area contributed by atoms with Gasteiger partial charge in [-0.25, -0.2) is 0 Å². The molecule has 0 bridgehead atoms. The van der Waals surface area contributed by atoms with Crippen LogP contribution in [0.5, 0.6) is 0 Å². The first-order valence-corrected chi connectivity index (χ1v) is 4.05. The van der Waals surface area contributed by atoms with Crippen molar-refractivity contribution in [2.24, 2.45) is 5.92 Å². The summed E-state index contributed by atoms with van der Waals surface area (Å²) in [5.41, 5.74) is 0.783. The van der Waals surface area contributed by atoms with E-state index in [9.17, 15) is 4.79 Å². The lowest BCUT2D eigenvalue weighted by molar-refractivity contribution is -0.105. The van der Waals surface area contributed by atoms with E-state index in [1.165, 1.54) is 0 Å². The Morgan fingerprint density at radius 2 is 2.18 bits per heavy atom. The van der Waals surface area contributed by atoms with Gasteiger partial charge in [-0.1, -0.05) is 19.9 Å². The molecule has 0 saturated heterocycles. The second-order valence-corrected chi connectivity index (χ2v) is 2.56. The van der Waals surface area contributed by atoms with Crippen LogP contribution < -0.4 is 0 Å². The lowest BCUT2D eigenvalue weighted by Gasteiger charge is -2.05. The second-order valence-electron chi connectivity index (χ2n) is 2.56. The molecule has 1 N–H and O–H groups in total. The molecule has 0 aliphatic heterocycles. The van der Waals surface area contributed by atoms with Crippen LogP contribution in [0.1, 0.15) is 26.7 Å². The number of carbonyl (C=O) groups excluding carboxylic acids is 1. The molecule has 0 saturated carbocycles. The van der Waals surface area contributed by atoms with Crippen LogP contribution in [-0.4, -0.2) is 18.0 Å². The molecule has 0 aromatic carbocycles. The lowest BCUT2D eigenvalue weighted by atomic mass is 10.0. The van der Waals surface area contributed by atoms with E-state index in [0.29, 0.717) is 0 Å². The van der Waals surface area contributed by atoms with Crippen molar-refractivity contribution in [1.29, 1.82) is 0 Å². The molecule has 64 valence electrons. The van der Waals surface area contributed by atoms with Gasteiger partial charge in [0, 0.05) is 12.5 Å². The molecule has 0 aliphatic carbocycles. The summed E-state index contributed by atoms with van der Waals surface area (Å²) >= 11 is 0. The number of aliphatic hydroxyl groups is 1. The van der Waals surface area contributed by atoms with Crippen molar-refractivity contribution in [3.8, 4) is 0 Å². The summed E-state index contributed by atoms with van der Waals surface area (Å²) in [5.74, 6) is 0.148. The Morgan fingerprint density at radius 3 is 2.45 bits per heavy atom. The van der Waals surface area contributed by atoms with E-state index in [1.54, 1.807) is 0 Å². The van der Waals surface area contributed by atoms with Gasteiger partial charge in [0.15, 0.2) is 0 Å². The smallest absolute Gasteiger partial charge is 0.145 e. The van der Waals surface area contributed by atoms with Crippen molar-refractivity contribution < 1.29 is 9.90 Å². The Labute approximate surface area is 67.9 Å². The maximum atomic E-state index is 10.4. The van der Waals surface area contributed by atoms with Gasteiger partial charge >= 0.3 is 0 Å². The number of allylic oxidation sites excluding steroid dienone is 1. The van der Waals surface area contributed by atoms with Crippen LogP contribution in [0.15, 0.2) is 11.6 Å². The van der Waals surface area contributed by atoms with Gasteiger partial charge in [0.05, 0.1) is 0 Å². The minimum atomic E-state index is 0.133. The van der Waals surface area contributed by atoms with Crippen LogP contribution in [0.3, 0.4) is 0 Å². The molecule has 0 rings (SSSR count). The first-order chi connectivity index (χ1) is 5.28. The normalized spacial score (nSPS) is 14.6. The third kappa shape index (κ3) is 3.94. The Balaban J connectivity index is 4.09. The fourth-order valence-electron chi connectivity index (χ4n) is 0.843. The van der Waals surface area contributed by atoms with Crippen molar-refractivity contribution in [3.05, 3.63) is 11.6 Å². The minimum absolute atomic E-state index is 0.133. The number of aliphatic hydroxyl groups excluding tert-OH is 1. The van der Waals surface area contributed by atoms with Gasteiger partial charge in [0.25, 0.3) is 0 Å². The lowest BCUT2D eigenvalue weighted by Crippen LogP contribution is -2.02. The summed E-state index contributed by atoms with van der Waals surface area (Å²) in [5, 5.41) is 8.81. The Bertz CT molecular complexity index is 134. The number of aldehydes is 1. The van der Waals surface area contributed by atoms with Crippen molar-refractivity contribution in [2.45, 2.75) is 26.7 Å². The molecule has 0 aromatic heterocycles. The van der Waals surface area contributed by atoms with Gasteiger partial charge in [-0.05, 0) is 18.4 Å². The average molecular weight is 156 g/mol. The molecule has 0 aromatic rings. The van der Waals surface area contributed by atoms with E-state index in [0.717, 1.165) is 24.7 Å². The second kappa shape index (κ2) is 6.10. The fourth-order valence-corrected chi connectivity index (χ4v) is 0.843. The van der Waals surface area contributed by atoms with Crippen molar-refractivity contribution in [2.75, 3.05) is 6.61 Å². The van der Waals surface area contributed by atoms with Gasteiger partial charge in [-0.15, -0.1) is 0 Å². The van der Waals surface area contributed by atoms with Crippen molar-refractivity contribution in [3.63, 3.8) is 0 Å². The van der Waals surface area contributed by atoms with E-state index < -0.39 is 0 Å². The van der Waals surface area contributed by atoms with E-state index >= 15 is 0 Å². The first kappa shape index (κ1) is 10.4. The summed E-state index contributed by atoms with van der Waals surface area (Å²) in [7, 11) is 0. The zero-order valence-electron chi connectivity index (χ0n) is 7.21. The van der Waals surface area contributed by atoms with E-state index in [4.69, 9.17) is 5.11 Å². The Hall–Kier alpha value is -0.630. The van der Waals surface area contributed by atoms with Gasteiger partial charge in [-0.3, -0.25) is 4.79 Å². The molecule has 1 unspecified atom stereocenters. The number of rotatable bonds is 5. The van der Waals surface area contributed by atoms with Gasteiger partial charge in [-0.2, -0.15) is 0 Å². The highest BCUT2D eigenvalue weighted by atomic mass is 16.3. The fraction of sp³-hybridized carbons (Fsp3) is 0.667. The van der Waals surface area contributed by atoms with Crippen LogP contribution in [0.4, 0.5) is 0 Å². The average Bonchev–Trinajstić information content (AvgIpc) is 2.07. The number of carbonyl (C=O) groups is 1. The van der Waals surface area contributed by atoms with Crippen molar-refractivity contribution in [1.82, 2.24) is 0 Å². The summed E-state index contributed by atoms with van der Waals surface area (Å²) < 4.78 is 0. The highest BCUT2D eigenvalue weighted by molar-refractivity contribution is 5.72. The monoisotopic (exact) mass is 156 g/mol. The standard InChI is InChI=1S/C9H16O2/c1-3-8(6-10)5-9(4-2)7-11/h5-6,9,11H,3-4,7H2,1-2H3/b8-5+. The molecular weight excluding hydrogens is 140 g/mol. The topological polar surface area (TPSA) is 37.3 Å². The predicted molar refractivity (Wildman–Crippen MR) is 45.3 cm³/mol. The quantitative estimate of drug-likeness (QED) is 0.484. The van der Waals surface area contributed by atoms with Gasteiger partial charge in [0.2, 0.25) is 0 Å². The minimum Gasteiger partial charge on any atom is -0.396 e. The van der Waals surface area contributed by atoms with Crippen LogP contribution in [0.25, 0.3) is 0 Å². The van der Waals surface area contributed by atoms with E-state index in [1.807, 2.05) is 19.9 Å². The highest BCUT2D eigenvalue weighted by Gasteiger charge is 2.01. The molecule has 0 radical (unpaired) electrons. The molecule has 0 spiro atoms. The van der Waals surface area contributed by atoms with Gasteiger partial charge in [0.1, 0.15) is 6.29 Å². The van der Waals surface area contributed by atoms with Crippen molar-refractivity contribution >= 4 is 6.29 Å². The van der Waals surface area contributed by atoms with Crippen LogP contribution in [0.2, 0.25) is 0 Å². The van der Waals surface area contributed by atoms with Crippen LogP contribution in [-0.2, 0) is 4.79 Å². The molecule has 0 heterocycles. The summed E-state index contributed by atoms with van der Waals surface area (Å²) in [6, 6.07) is 0. The molecule has 2 nitrogen and oxygen atoms in total. The van der Waals surface area contributed by atoms with E-state index in [2.05, 4.69) is 0 Å². The summed E-state index contributed by atoms with van der Waals surface area (Å²) in [6.07, 6.45) is 4.35. The number of hydrogen-bond donors (Lipinski definition) is 1. The number of hydrogen-bond acceptors (Lipinski definition) is 2. The SMILES string of the molecule is CC/C(C=O)=C\C(CC)CO. The Morgan fingerprint density at radius 1 is 1.55 bits per heavy atom. The predicted octanol–water partition coefficient (Wildman–Crippen LogP) is 1.54. The summed E-state index contributed by atoms with van der Waals surface area (Å²) in [4.78, 5) is 10.4. The zero-order chi connectivity index (χ0) is 8.69. The van der Waals surface area contributed by atoms with Gasteiger partial charge < -0.3 is 5.11 Å². The molecule has 11 heavy (non-hydrogen) atoms. The van der Waals surface area contributed by atoms with E-state index in [-0.39, 0.29) is 12.5 Å². The molecule has 0 aliphatic rings. The van der Waals surface area contributed by atoms with Crippen LogP contribution >= 0.6 is 0 Å². The molecule has 1 atom stereocenters. The molecular formula is C9H16O2. The first-order valence-electron chi connectivity index (χ1n) is 4.05. The zero-order valence-corrected chi connectivity index (χ0v) is 7.21. The highest BCUT2D eigenvalue weighted by Crippen LogP contribution is 2.07. The van der Waals surface area contributed by atoms with Crippen LogP contribution in [0, 0.1) is 5.92 Å². The third-order valence-corrected chi connectivity index (χ3v) is 1.77.